The first-order chi connectivity index (χ1) is 12.6. The Hall–Kier alpha value is 0.510. The van der Waals surface area contributed by atoms with Crippen LogP contribution >= 0.6 is 34.8 Å². The van der Waals surface area contributed by atoms with Gasteiger partial charge in [0.2, 0.25) is 0 Å². The molecule has 164 valence electrons. The van der Waals surface area contributed by atoms with Gasteiger partial charge in [0.05, 0.1) is 37.4 Å². The molecule has 0 aliphatic carbocycles. The van der Waals surface area contributed by atoms with Crippen LogP contribution in [-0.4, -0.2) is 120 Å². The maximum Gasteiger partial charge on any atom is 0.112 e. The van der Waals surface area contributed by atoms with Gasteiger partial charge in [0.1, 0.15) is 30.0 Å². The number of hydrogen-bond donors (Lipinski definition) is 8. The van der Waals surface area contributed by atoms with Crippen LogP contribution < -0.4 is 0 Å². The summed E-state index contributed by atoms with van der Waals surface area (Å²) in [6.07, 6.45) is -12.2. The number of alkyl halides is 3. The highest BCUT2D eigenvalue weighted by Crippen LogP contribution is 2.33. The second kappa shape index (κ2) is 13.7. The van der Waals surface area contributed by atoms with Crippen molar-refractivity contribution in [2.45, 2.75) is 61.2 Å². The van der Waals surface area contributed by atoms with Crippen molar-refractivity contribution >= 4 is 34.8 Å². The van der Waals surface area contributed by atoms with Crippen molar-refractivity contribution in [1.29, 1.82) is 0 Å². The number of halogens is 3. The number of aliphatic hydroxyl groups excluding tert-OH is 8. The zero-order valence-corrected chi connectivity index (χ0v) is 16.9. The molecular formula is C15H29Cl3O9. The largest absolute Gasteiger partial charge is 0.394 e. The van der Waals surface area contributed by atoms with E-state index in [1.165, 1.54) is 0 Å². The molecule has 0 heterocycles. The van der Waals surface area contributed by atoms with E-state index in [4.69, 9.17) is 44.6 Å². The number of aliphatic hydroxyl groups is 8. The molecule has 0 aromatic rings. The lowest BCUT2D eigenvalue weighted by Crippen LogP contribution is -2.59. The summed E-state index contributed by atoms with van der Waals surface area (Å²) < 4.78 is 5.54. The predicted octanol–water partition coefficient (Wildman–Crippen LogP) is -2.24. The van der Waals surface area contributed by atoms with Crippen LogP contribution in [0.2, 0.25) is 0 Å². The fourth-order valence-electron chi connectivity index (χ4n) is 2.58. The van der Waals surface area contributed by atoms with Crippen molar-refractivity contribution in [3.8, 4) is 0 Å². The standard InChI is InChI=1S/C15H29Cl3O9/c16-3-8(20)1-15(2-9(21)4-17,27-7-10(22)5-18)14(26)13(25)12(24)11(23)6-19/h8-14,19-26H,1-7H2/t8?,9?,10?,11-,12-,13+,14-,15?/m1/s1. The van der Waals surface area contributed by atoms with Crippen LogP contribution in [0.5, 0.6) is 0 Å². The lowest BCUT2D eigenvalue weighted by Gasteiger charge is -2.43. The van der Waals surface area contributed by atoms with Gasteiger partial charge in [-0.1, -0.05) is 0 Å². The number of rotatable bonds is 15. The molecule has 0 rings (SSSR count). The Morgan fingerprint density at radius 3 is 1.52 bits per heavy atom. The topological polar surface area (TPSA) is 171 Å². The lowest BCUT2D eigenvalue weighted by molar-refractivity contribution is -0.215. The monoisotopic (exact) mass is 458 g/mol. The van der Waals surface area contributed by atoms with E-state index in [0.717, 1.165) is 0 Å². The van der Waals surface area contributed by atoms with Crippen LogP contribution in [0.1, 0.15) is 12.8 Å². The van der Waals surface area contributed by atoms with Gasteiger partial charge in [0, 0.05) is 24.6 Å². The van der Waals surface area contributed by atoms with Crippen LogP contribution in [0.25, 0.3) is 0 Å². The first-order valence-corrected chi connectivity index (χ1v) is 9.88. The van der Waals surface area contributed by atoms with Gasteiger partial charge in [0.15, 0.2) is 0 Å². The average Bonchev–Trinajstić information content (AvgIpc) is 2.68. The molecule has 0 amide bonds. The van der Waals surface area contributed by atoms with Crippen molar-refractivity contribution in [2.75, 3.05) is 30.9 Å². The fraction of sp³-hybridized carbons (Fsp3) is 1.00. The normalized spacial score (nSPS) is 22.3. The molecule has 0 radical (unpaired) electrons. The van der Waals surface area contributed by atoms with Gasteiger partial charge in [-0.05, 0) is 0 Å². The fourth-order valence-corrected chi connectivity index (χ4v) is 2.88. The summed E-state index contributed by atoms with van der Waals surface area (Å²) in [6, 6.07) is 0. The number of ether oxygens (including phenoxy) is 1. The van der Waals surface area contributed by atoms with Crippen molar-refractivity contribution in [3.63, 3.8) is 0 Å². The van der Waals surface area contributed by atoms with E-state index in [9.17, 15) is 35.7 Å². The summed E-state index contributed by atoms with van der Waals surface area (Å²) in [6.45, 7) is -1.33. The summed E-state index contributed by atoms with van der Waals surface area (Å²) >= 11 is 16.7. The van der Waals surface area contributed by atoms with Crippen LogP contribution in [0, 0.1) is 0 Å². The first-order valence-electron chi connectivity index (χ1n) is 8.27. The lowest BCUT2D eigenvalue weighted by atomic mass is 9.80. The smallest absolute Gasteiger partial charge is 0.112 e. The van der Waals surface area contributed by atoms with E-state index in [2.05, 4.69) is 0 Å². The van der Waals surface area contributed by atoms with Crippen LogP contribution in [0.15, 0.2) is 0 Å². The maximum atomic E-state index is 10.7. The first kappa shape index (κ1) is 27.5. The van der Waals surface area contributed by atoms with Gasteiger partial charge >= 0.3 is 0 Å². The summed E-state index contributed by atoms with van der Waals surface area (Å²) in [4.78, 5) is 0. The second-order valence-electron chi connectivity index (χ2n) is 6.38. The van der Waals surface area contributed by atoms with Crippen molar-refractivity contribution in [1.82, 2.24) is 0 Å². The zero-order chi connectivity index (χ0) is 21.2. The van der Waals surface area contributed by atoms with E-state index in [1.54, 1.807) is 0 Å². The third-order valence-corrected chi connectivity index (χ3v) is 5.12. The van der Waals surface area contributed by atoms with E-state index in [1.807, 2.05) is 0 Å². The molecule has 3 unspecified atom stereocenters. The Morgan fingerprint density at radius 1 is 0.704 bits per heavy atom. The van der Waals surface area contributed by atoms with Gasteiger partial charge in [-0.2, -0.15) is 0 Å². The van der Waals surface area contributed by atoms with E-state index >= 15 is 0 Å². The van der Waals surface area contributed by atoms with E-state index in [0.29, 0.717) is 0 Å². The number of hydrogen-bond acceptors (Lipinski definition) is 9. The maximum absolute atomic E-state index is 10.7. The molecular weight excluding hydrogens is 431 g/mol. The van der Waals surface area contributed by atoms with Crippen LogP contribution in [-0.2, 0) is 4.74 Å². The van der Waals surface area contributed by atoms with E-state index < -0.39 is 74.4 Å². The molecule has 0 spiro atoms. The highest BCUT2D eigenvalue weighted by atomic mass is 35.5. The minimum absolute atomic E-state index is 0.212. The Bertz CT molecular complexity index is 382. The molecule has 0 aromatic carbocycles. The summed E-state index contributed by atoms with van der Waals surface area (Å²) in [5, 5.41) is 78.8. The van der Waals surface area contributed by atoms with Crippen molar-refractivity contribution < 1.29 is 45.6 Å². The van der Waals surface area contributed by atoms with E-state index in [-0.39, 0.29) is 17.6 Å². The highest BCUT2D eigenvalue weighted by molar-refractivity contribution is 6.18. The van der Waals surface area contributed by atoms with Gasteiger partial charge in [0.25, 0.3) is 0 Å². The molecule has 0 aromatic heterocycles. The van der Waals surface area contributed by atoms with Gasteiger partial charge in [-0.15, -0.1) is 34.8 Å². The zero-order valence-electron chi connectivity index (χ0n) is 14.6. The van der Waals surface area contributed by atoms with Crippen molar-refractivity contribution in [2.24, 2.45) is 0 Å². The third kappa shape index (κ3) is 8.81. The van der Waals surface area contributed by atoms with Crippen LogP contribution in [0.3, 0.4) is 0 Å². The minimum atomic E-state index is -2.04. The summed E-state index contributed by atoms with van der Waals surface area (Å²) in [7, 11) is 0. The Kier molecular flexibility index (Phi) is 13.9. The Labute approximate surface area is 172 Å². The molecule has 0 saturated carbocycles. The van der Waals surface area contributed by atoms with Gasteiger partial charge < -0.3 is 45.6 Å². The second-order valence-corrected chi connectivity index (χ2v) is 7.31. The Morgan fingerprint density at radius 2 is 1.15 bits per heavy atom. The summed E-state index contributed by atoms with van der Waals surface area (Å²) in [5.41, 5.74) is -1.91. The minimum Gasteiger partial charge on any atom is -0.394 e. The SMILES string of the molecule is OC[C@@H](O)[C@@H](O)[C@H](O)[C@@H](O)C(CC(O)CCl)(CC(O)CCl)OCC(O)CCl. The molecule has 0 bridgehead atoms. The Balaban J connectivity index is 5.81. The van der Waals surface area contributed by atoms with Crippen molar-refractivity contribution in [3.05, 3.63) is 0 Å². The van der Waals surface area contributed by atoms with Gasteiger partial charge in [-0.25, -0.2) is 0 Å². The van der Waals surface area contributed by atoms with Crippen LogP contribution in [0.4, 0.5) is 0 Å². The summed E-state index contributed by atoms with van der Waals surface area (Å²) in [5.74, 6) is -0.758. The molecule has 0 fully saturated rings. The predicted molar refractivity (Wildman–Crippen MR) is 99.2 cm³/mol. The molecule has 0 aliphatic heterocycles. The average molecular weight is 460 g/mol. The molecule has 0 saturated heterocycles. The molecule has 9 nitrogen and oxygen atoms in total. The molecule has 0 aliphatic rings. The molecule has 27 heavy (non-hydrogen) atoms. The highest BCUT2D eigenvalue weighted by Gasteiger charge is 2.48. The molecule has 12 heteroatoms. The molecule has 8 N–H and O–H groups in total. The molecule has 7 atom stereocenters. The quantitative estimate of drug-likeness (QED) is 0.126. The third-order valence-electron chi connectivity index (χ3n) is 4.05. The van der Waals surface area contributed by atoms with Gasteiger partial charge in [-0.3, -0.25) is 0 Å².